The van der Waals surface area contributed by atoms with Gasteiger partial charge in [-0.25, -0.2) is 4.79 Å². The molecule has 0 heterocycles. The average molecular weight is 300 g/mol. The van der Waals surface area contributed by atoms with E-state index in [0.29, 0.717) is 0 Å². The van der Waals surface area contributed by atoms with Crippen molar-refractivity contribution in [3.05, 3.63) is 53.6 Å². The Morgan fingerprint density at radius 3 is 2.77 bits per heavy atom. The Kier molecular flexibility index (Phi) is 5.56. The van der Waals surface area contributed by atoms with E-state index in [1.165, 1.54) is 11.6 Å². The molecule has 0 fully saturated rings. The summed E-state index contributed by atoms with van der Waals surface area (Å²) in [4.78, 5) is 11.8. The second-order valence-electron chi connectivity index (χ2n) is 6.23. The third kappa shape index (κ3) is 4.85. The fourth-order valence-electron chi connectivity index (χ4n) is 2.64. The Balaban J connectivity index is 1.83. The van der Waals surface area contributed by atoms with Gasteiger partial charge in [0.05, 0.1) is 5.60 Å². The molecule has 3 nitrogen and oxygen atoms in total. The maximum Gasteiger partial charge on any atom is 0.330 e. The molecule has 0 saturated heterocycles. The smallest absolute Gasteiger partial charge is 0.330 e. The van der Waals surface area contributed by atoms with Crippen molar-refractivity contribution in [3.8, 4) is 0 Å². The molecule has 0 saturated carbocycles. The Morgan fingerprint density at radius 2 is 2.14 bits per heavy atom. The van der Waals surface area contributed by atoms with Gasteiger partial charge in [0.25, 0.3) is 0 Å². The number of aliphatic hydroxyl groups is 1. The van der Waals surface area contributed by atoms with E-state index in [1.54, 1.807) is 13.0 Å². The zero-order valence-electron chi connectivity index (χ0n) is 13.3. The van der Waals surface area contributed by atoms with Crippen LogP contribution in [0.25, 0.3) is 6.08 Å². The molecule has 0 aliphatic heterocycles. The van der Waals surface area contributed by atoms with E-state index in [2.05, 4.69) is 13.0 Å². The number of esters is 1. The molecule has 0 spiro atoms. The first kappa shape index (κ1) is 16.5. The van der Waals surface area contributed by atoms with Crippen molar-refractivity contribution in [3.63, 3.8) is 0 Å². The van der Waals surface area contributed by atoms with Gasteiger partial charge < -0.3 is 9.84 Å². The summed E-state index contributed by atoms with van der Waals surface area (Å²) in [6.45, 7) is 3.89. The van der Waals surface area contributed by atoms with Gasteiger partial charge in [-0.15, -0.1) is 0 Å². The summed E-state index contributed by atoms with van der Waals surface area (Å²) in [5.74, 6) is -0.284. The predicted octanol–water partition coefficient (Wildman–Crippen LogP) is 3.74. The summed E-state index contributed by atoms with van der Waals surface area (Å²) in [5, 5.41) is 10.5. The van der Waals surface area contributed by atoms with Crippen LogP contribution in [-0.4, -0.2) is 23.3 Å². The molecular formula is C19H24O3. The van der Waals surface area contributed by atoms with E-state index in [9.17, 15) is 9.90 Å². The minimum Gasteiger partial charge on any atom is -0.459 e. The maximum atomic E-state index is 11.8. The van der Waals surface area contributed by atoms with Crippen LogP contribution in [0.5, 0.6) is 0 Å². The normalized spacial score (nSPS) is 21.2. The third-order valence-corrected chi connectivity index (χ3v) is 4.24. The van der Waals surface area contributed by atoms with Gasteiger partial charge in [0.1, 0.15) is 6.61 Å². The van der Waals surface area contributed by atoms with Crippen LogP contribution in [0, 0.1) is 5.92 Å². The molecule has 118 valence electrons. The second-order valence-corrected chi connectivity index (χ2v) is 6.23. The lowest BCUT2D eigenvalue weighted by Gasteiger charge is -2.34. The summed E-state index contributed by atoms with van der Waals surface area (Å²) in [7, 11) is 0. The number of ether oxygens (including phenoxy) is 1. The van der Waals surface area contributed by atoms with Gasteiger partial charge in [0, 0.05) is 6.08 Å². The standard InChI is InChI=1S/C19H24O3/c1-15-8-11-17(12-9-15)19(2,21)14-22-18(20)13-10-16-6-4-3-5-7-16/h3-8,10,13,17,21H,9,11-12,14H2,1-2H3/b13-10+. The molecule has 1 aliphatic carbocycles. The maximum absolute atomic E-state index is 11.8. The first-order valence-electron chi connectivity index (χ1n) is 7.75. The van der Waals surface area contributed by atoms with E-state index in [1.807, 2.05) is 30.3 Å². The predicted molar refractivity (Wildman–Crippen MR) is 88.2 cm³/mol. The third-order valence-electron chi connectivity index (χ3n) is 4.24. The van der Waals surface area contributed by atoms with Crippen molar-refractivity contribution in [1.82, 2.24) is 0 Å². The van der Waals surface area contributed by atoms with Crippen molar-refractivity contribution < 1.29 is 14.6 Å². The molecule has 2 rings (SSSR count). The van der Waals surface area contributed by atoms with Gasteiger partial charge in [0.2, 0.25) is 0 Å². The van der Waals surface area contributed by atoms with Crippen LogP contribution < -0.4 is 0 Å². The molecule has 1 aliphatic rings. The fraction of sp³-hybridized carbons (Fsp3) is 0.421. The van der Waals surface area contributed by atoms with Crippen molar-refractivity contribution >= 4 is 12.0 Å². The van der Waals surface area contributed by atoms with Gasteiger partial charge in [0.15, 0.2) is 0 Å². The highest BCUT2D eigenvalue weighted by atomic mass is 16.5. The van der Waals surface area contributed by atoms with E-state index in [4.69, 9.17) is 4.74 Å². The molecule has 3 heteroatoms. The molecule has 0 bridgehead atoms. The molecule has 1 aromatic carbocycles. The first-order valence-corrected chi connectivity index (χ1v) is 7.75. The fourth-order valence-corrected chi connectivity index (χ4v) is 2.64. The number of carbonyl (C=O) groups is 1. The number of benzene rings is 1. The van der Waals surface area contributed by atoms with Crippen molar-refractivity contribution in [2.24, 2.45) is 5.92 Å². The molecule has 0 aromatic heterocycles. The molecule has 0 radical (unpaired) electrons. The number of carbonyl (C=O) groups excluding carboxylic acids is 1. The number of rotatable bonds is 5. The van der Waals surface area contributed by atoms with Gasteiger partial charge in [-0.2, -0.15) is 0 Å². The summed E-state index contributed by atoms with van der Waals surface area (Å²) in [5.41, 5.74) is 1.34. The van der Waals surface area contributed by atoms with Crippen LogP contribution in [0.4, 0.5) is 0 Å². The topological polar surface area (TPSA) is 46.5 Å². The lowest BCUT2D eigenvalue weighted by molar-refractivity contribution is -0.148. The minimum absolute atomic E-state index is 0.0303. The Hall–Kier alpha value is -1.87. The molecule has 0 amide bonds. The molecule has 22 heavy (non-hydrogen) atoms. The molecular weight excluding hydrogens is 276 g/mol. The van der Waals surface area contributed by atoms with E-state index in [-0.39, 0.29) is 12.5 Å². The van der Waals surface area contributed by atoms with Gasteiger partial charge in [-0.1, -0.05) is 42.0 Å². The molecule has 2 unspecified atom stereocenters. The van der Waals surface area contributed by atoms with Crippen LogP contribution in [0.1, 0.15) is 38.7 Å². The van der Waals surface area contributed by atoms with E-state index >= 15 is 0 Å². The highest BCUT2D eigenvalue weighted by Gasteiger charge is 2.33. The molecule has 1 N–H and O–H groups in total. The van der Waals surface area contributed by atoms with Gasteiger partial charge in [-0.3, -0.25) is 0 Å². The lowest BCUT2D eigenvalue weighted by Crippen LogP contribution is -2.40. The summed E-state index contributed by atoms with van der Waals surface area (Å²) < 4.78 is 5.21. The number of hydrogen-bond donors (Lipinski definition) is 1. The van der Waals surface area contributed by atoms with Crippen LogP contribution in [0.3, 0.4) is 0 Å². The van der Waals surface area contributed by atoms with E-state index in [0.717, 1.165) is 24.8 Å². The average Bonchev–Trinajstić information content (AvgIpc) is 2.52. The zero-order valence-corrected chi connectivity index (χ0v) is 13.3. The number of allylic oxidation sites excluding steroid dienone is 2. The summed E-state index contributed by atoms with van der Waals surface area (Å²) in [6, 6.07) is 9.57. The van der Waals surface area contributed by atoms with E-state index < -0.39 is 11.6 Å². The van der Waals surface area contributed by atoms with Crippen molar-refractivity contribution in [2.45, 2.75) is 38.7 Å². The summed E-state index contributed by atoms with van der Waals surface area (Å²) in [6.07, 6.45) is 8.06. The van der Waals surface area contributed by atoms with Crippen LogP contribution in [0.2, 0.25) is 0 Å². The highest BCUT2D eigenvalue weighted by Crippen LogP contribution is 2.32. The number of hydrogen-bond acceptors (Lipinski definition) is 3. The lowest BCUT2D eigenvalue weighted by atomic mass is 9.79. The van der Waals surface area contributed by atoms with Crippen molar-refractivity contribution in [1.29, 1.82) is 0 Å². The van der Waals surface area contributed by atoms with Gasteiger partial charge in [-0.05, 0) is 50.7 Å². The first-order chi connectivity index (χ1) is 10.5. The Morgan fingerprint density at radius 1 is 1.41 bits per heavy atom. The largest absolute Gasteiger partial charge is 0.459 e. The summed E-state index contributed by atoms with van der Waals surface area (Å²) >= 11 is 0. The highest BCUT2D eigenvalue weighted by molar-refractivity contribution is 5.87. The van der Waals surface area contributed by atoms with Crippen LogP contribution in [0.15, 0.2) is 48.1 Å². The molecule has 1 aromatic rings. The zero-order chi connectivity index (χ0) is 16.0. The molecule has 2 atom stereocenters. The quantitative estimate of drug-likeness (QED) is 0.512. The Bertz CT molecular complexity index is 555. The monoisotopic (exact) mass is 300 g/mol. The Labute approximate surface area is 132 Å². The second kappa shape index (κ2) is 7.41. The van der Waals surface area contributed by atoms with Gasteiger partial charge >= 0.3 is 5.97 Å². The van der Waals surface area contributed by atoms with Crippen molar-refractivity contribution in [2.75, 3.05) is 6.61 Å². The van der Waals surface area contributed by atoms with Crippen LogP contribution in [-0.2, 0) is 9.53 Å². The van der Waals surface area contributed by atoms with Crippen LogP contribution >= 0.6 is 0 Å². The SMILES string of the molecule is CC1=CCC(C(C)(O)COC(=O)/C=C/c2ccccc2)CC1. The minimum atomic E-state index is -0.979.